The van der Waals surface area contributed by atoms with Crippen molar-refractivity contribution in [3.05, 3.63) is 71.5 Å². The number of amides is 2. The number of carbonyl (C=O) groups is 1. The number of ether oxygens (including phenoxy) is 1. The highest BCUT2D eigenvalue weighted by Crippen LogP contribution is 2.26. The Morgan fingerprint density at radius 2 is 1.80 bits per heavy atom. The summed E-state index contributed by atoms with van der Waals surface area (Å²) in [5.41, 5.74) is 3.20. The number of carbonyl (C=O) groups excluding carboxylic acids is 1. The average Bonchev–Trinajstić information content (AvgIpc) is 3.22. The predicted octanol–water partition coefficient (Wildman–Crippen LogP) is 4.17. The SMILES string of the molecule is CC(c1cc2ccccc2o1)N(C)C(=O)NCc1ccc(CN2CCOCC2)cc1. The third-order valence-electron chi connectivity index (χ3n) is 5.73. The van der Waals surface area contributed by atoms with Gasteiger partial charge in [-0.3, -0.25) is 4.90 Å². The number of para-hydroxylation sites is 1. The fourth-order valence-electron chi connectivity index (χ4n) is 3.66. The largest absolute Gasteiger partial charge is 0.459 e. The second-order valence-corrected chi connectivity index (χ2v) is 7.84. The monoisotopic (exact) mass is 407 g/mol. The number of nitrogens with one attached hydrogen (secondary N) is 1. The molecule has 158 valence electrons. The summed E-state index contributed by atoms with van der Waals surface area (Å²) >= 11 is 0. The highest BCUT2D eigenvalue weighted by Gasteiger charge is 2.20. The standard InChI is InChI=1S/C24H29N3O3/c1-18(23-15-21-5-3-4-6-22(21)30-23)26(2)24(28)25-16-19-7-9-20(10-8-19)17-27-11-13-29-14-12-27/h3-10,15,18H,11-14,16-17H2,1-2H3,(H,25,28). The summed E-state index contributed by atoms with van der Waals surface area (Å²) in [6.45, 7) is 6.98. The molecule has 2 amide bonds. The Hall–Kier alpha value is -2.83. The van der Waals surface area contributed by atoms with Crippen molar-refractivity contribution in [2.24, 2.45) is 0 Å². The normalized spacial score (nSPS) is 15.8. The van der Waals surface area contributed by atoms with Crippen LogP contribution in [0.15, 0.2) is 59.0 Å². The fourth-order valence-corrected chi connectivity index (χ4v) is 3.66. The van der Waals surface area contributed by atoms with Gasteiger partial charge in [0, 0.05) is 38.6 Å². The maximum atomic E-state index is 12.6. The third-order valence-corrected chi connectivity index (χ3v) is 5.73. The van der Waals surface area contributed by atoms with E-state index in [2.05, 4.69) is 34.5 Å². The quantitative estimate of drug-likeness (QED) is 0.666. The van der Waals surface area contributed by atoms with Gasteiger partial charge >= 0.3 is 6.03 Å². The molecule has 1 aliphatic rings. The summed E-state index contributed by atoms with van der Waals surface area (Å²) in [5, 5.41) is 4.05. The molecular weight excluding hydrogens is 378 g/mol. The van der Waals surface area contributed by atoms with Crippen molar-refractivity contribution in [1.82, 2.24) is 15.1 Å². The predicted molar refractivity (Wildman–Crippen MR) is 117 cm³/mol. The van der Waals surface area contributed by atoms with E-state index in [0.29, 0.717) is 6.54 Å². The molecule has 30 heavy (non-hydrogen) atoms. The van der Waals surface area contributed by atoms with Crippen molar-refractivity contribution in [2.75, 3.05) is 33.4 Å². The summed E-state index contributed by atoms with van der Waals surface area (Å²) in [6.07, 6.45) is 0. The van der Waals surface area contributed by atoms with Crippen molar-refractivity contribution < 1.29 is 13.9 Å². The lowest BCUT2D eigenvalue weighted by Crippen LogP contribution is -2.38. The van der Waals surface area contributed by atoms with Gasteiger partial charge in [-0.25, -0.2) is 4.79 Å². The van der Waals surface area contributed by atoms with Crippen LogP contribution in [0.3, 0.4) is 0 Å². The Labute approximate surface area is 177 Å². The smallest absolute Gasteiger partial charge is 0.318 e. The van der Waals surface area contributed by atoms with Gasteiger partial charge in [0.05, 0.1) is 19.3 Å². The first kappa shape index (κ1) is 20.4. The minimum absolute atomic E-state index is 0.125. The van der Waals surface area contributed by atoms with Gasteiger partial charge in [-0.15, -0.1) is 0 Å². The molecule has 2 aromatic carbocycles. The van der Waals surface area contributed by atoms with E-state index in [1.54, 1.807) is 11.9 Å². The van der Waals surface area contributed by atoms with Gasteiger partial charge in [0.1, 0.15) is 11.3 Å². The van der Waals surface area contributed by atoms with Gasteiger partial charge in [0.25, 0.3) is 0 Å². The summed E-state index contributed by atoms with van der Waals surface area (Å²) in [7, 11) is 1.79. The fraction of sp³-hybridized carbons (Fsp3) is 0.375. The molecule has 1 N–H and O–H groups in total. The van der Waals surface area contributed by atoms with Crippen LogP contribution < -0.4 is 5.32 Å². The number of fused-ring (bicyclic) bond motifs is 1. The molecule has 0 bridgehead atoms. The Bertz CT molecular complexity index is 944. The molecule has 3 aromatic rings. The zero-order chi connectivity index (χ0) is 20.9. The highest BCUT2D eigenvalue weighted by atomic mass is 16.5. The maximum Gasteiger partial charge on any atom is 0.318 e. The lowest BCUT2D eigenvalue weighted by molar-refractivity contribution is 0.0342. The van der Waals surface area contributed by atoms with Crippen molar-refractivity contribution in [3.63, 3.8) is 0 Å². The number of morpholine rings is 1. The molecular formula is C24H29N3O3. The molecule has 1 aromatic heterocycles. The van der Waals surface area contributed by atoms with Crippen molar-refractivity contribution in [1.29, 1.82) is 0 Å². The van der Waals surface area contributed by atoms with Gasteiger partial charge in [0.15, 0.2) is 0 Å². The zero-order valence-electron chi connectivity index (χ0n) is 17.6. The molecule has 2 heterocycles. The van der Waals surface area contributed by atoms with E-state index in [-0.39, 0.29) is 12.1 Å². The first-order valence-corrected chi connectivity index (χ1v) is 10.5. The molecule has 1 atom stereocenters. The molecule has 6 heteroatoms. The van der Waals surface area contributed by atoms with E-state index in [9.17, 15) is 4.79 Å². The summed E-state index contributed by atoms with van der Waals surface area (Å²) in [5.74, 6) is 0.779. The zero-order valence-corrected chi connectivity index (χ0v) is 17.6. The molecule has 0 spiro atoms. The Morgan fingerprint density at radius 1 is 1.10 bits per heavy atom. The van der Waals surface area contributed by atoms with Gasteiger partial charge in [-0.1, -0.05) is 42.5 Å². The number of nitrogens with zero attached hydrogens (tertiary/aromatic N) is 2. The van der Waals surface area contributed by atoms with Crippen LogP contribution in [0, 0.1) is 0 Å². The van der Waals surface area contributed by atoms with Crippen LogP contribution in [-0.4, -0.2) is 49.2 Å². The molecule has 0 radical (unpaired) electrons. The molecule has 1 unspecified atom stereocenters. The molecule has 1 aliphatic heterocycles. The van der Waals surface area contributed by atoms with Crippen LogP contribution >= 0.6 is 0 Å². The van der Waals surface area contributed by atoms with E-state index in [0.717, 1.165) is 55.1 Å². The first-order valence-electron chi connectivity index (χ1n) is 10.5. The summed E-state index contributed by atoms with van der Waals surface area (Å²) in [6, 6.07) is 18.0. The van der Waals surface area contributed by atoms with E-state index < -0.39 is 0 Å². The Balaban J connectivity index is 1.29. The minimum atomic E-state index is -0.159. The minimum Gasteiger partial charge on any atom is -0.459 e. The molecule has 6 nitrogen and oxygen atoms in total. The van der Waals surface area contributed by atoms with Crippen molar-refractivity contribution >= 4 is 17.0 Å². The lowest BCUT2D eigenvalue weighted by atomic mass is 10.1. The molecule has 0 saturated carbocycles. The number of benzene rings is 2. The van der Waals surface area contributed by atoms with Gasteiger partial charge in [-0.2, -0.15) is 0 Å². The average molecular weight is 408 g/mol. The van der Waals surface area contributed by atoms with Gasteiger partial charge in [0.2, 0.25) is 0 Å². The van der Waals surface area contributed by atoms with E-state index >= 15 is 0 Å². The number of urea groups is 1. The molecule has 4 rings (SSSR count). The van der Waals surface area contributed by atoms with Crippen LogP contribution in [0.25, 0.3) is 11.0 Å². The molecule has 1 saturated heterocycles. The van der Waals surface area contributed by atoms with Crippen LogP contribution in [-0.2, 0) is 17.8 Å². The summed E-state index contributed by atoms with van der Waals surface area (Å²) < 4.78 is 11.3. The first-order chi connectivity index (χ1) is 14.6. The Morgan fingerprint density at radius 3 is 2.53 bits per heavy atom. The number of furan rings is 1. The van der Waals surface area contributed by atoms with Crippen LogP contribution in [0.5, 0.6) is 0 Å². The third kappa shape index (κ3) is 4.83. The van der Waals surface area contributed by atoms with Gasteiger partial charge in [-0.05, 0) is 30.2 Å². The number of rotatable bonds is 6. The van der Waals surface area contributed by atoms with E-state index in [1.807, 2.05) is 37.3 Å². The number of hydrogen-bond acceptors (Lipinski definition) is 4. The van der Waals surface area contributed by atoms with E-state index in [1.165, 1.54) is 5.56 Å². The van der Waals surface area contributed by atoms with Crippen LogP contribution in [0.1, 0.15) is 29.9 Å². The maximum absolute atomic E-state index is 12.6. The summed E-state index contributed by atoms with van der Waals surface area (Å²) in [4.78, 5) is 16.7. The van der Waals surface area contributed by atoms with E-state index in [4.69, 9.17) is 9.15 Å². The Kier molecular flexibility index (Phi) is 6.35. The van der Waals surface area contributed by atoms with Crippen molar-refractivity contribution in [2.45, 2.75) is 26.1 Å². The van der Waals surface area contributed by atoms with Gasteiger partial charge < -0.3 is 19.4 Å². The number of hydrogen-bond donors (Lipinski definition) is 1. The highest BCUT2D eigenvalue weighted by molar-refractivity contribution is 5.78. The second kappa shape index (κ2) is 9.32. The second-order valence-electron chi connectivity index (χ2n) is 7.84. The molecule has 1 fully saturated rings. The molecule has 0 aliphatic carbocycles. The van der Waals surface area contributed by atoms with Crippen molar-refractivity contribution in [3.8, 4) is 0 Å². The van der Waals surface area contributed by atoms with Crippen LogP contribution in [0.2, 0.25) is 0 Å². The topological polar surface area (TPSA) is 58.0 Å². The lowest BCUT2D eigenvalue weighted by Gasteiger charge is -2.26. The van der Waals surface area contributed by atoms with Crippen LogP contribution in [0.4, 0.5) is 4.79 Å².